The van der Waals surface area contributed by atoms with E-state index in [4.69, 9.17) is 5.26 Å². The molecule has 1 saturated heterocycles. The summed E-state index contributed by atoms with van der Waals surface area (Å²) in [7, 11) is 3.72. The molecule has 0 atom stereocenters. The van der Waals surface area contributed by atoms with Gasteiger partial charge in [-0.1, -0.05) is 0 Å². The number of carbonyl (C=O) groups excluding carboxylic acids is 1. The van der Waals surface area contributed by atoms with Crippen molar-refractivity contribution in [3.63, 3.8) is 0 Å². The lowest BCUT2D eigenvalue weighted by Crippen LogP contribution is -2.41. The van der Waals surface area contributed by atoms with E-state index >= 15 is 0 Å². The summed E-state index contributed by atoms with van der Waals surface area (Å²) in [6.45, 7) is 2.19. The van der Waals surface area contributed by atoms with E-state index < -0.39 is 0 Å². The molecule has 7 nitrogen and oxygen atoms in total. The molecule has 0 radical (unpaired) electrons. The van der Waals surface area contributed by atoms with Crippen LogP contribution in [0.3, 0.4) is 0 Å². The number of pyridine rings is 1. The van der Waals surface area contributed by atoms with Gasteiger partial charge in [-0.3, -0.25) is 9.48 Å². The van der Waals surface area contributed by atoms with Crippen molar-refractivity contribution in [1.82, 2.24) is 19.7 Å². The van der Waals surface area contributed by atoms with Crippen LogP contribution >= 0.6 is 0 Å². The first-order chi connectivity index (χ1) is 12.1. The summed E-state index contributed by atoms with van der Waals surface area (Å²) < 4.78 is 1.75. The molecule has 0 saturated carbocycles. The van der Waals surface area contributed by atoms with Crippen LogP contribution in [0.2, 0.25) is 0 Å². The van der Waals surface area contributed by atoms with Crippen LogP contribution in [0, 0.1) is 17.2 Å². The topological polar surface area (TPSA) is 78.0 Å². The first-order valence-electron chi connectivity index (χ1n) is 8.40. The number of nitrogens with zero attached hydrogens (tertiary/aromatic N) is 6. The van der Waals surface area contributed by atoms with Crippen molar-refractivity contribution in [2.45, 2.75) is 19.4 Å². The SMILES string of the molecule is CN(Cc1cnn(C)c1)C(=O)C1CCN(c2ccc(C#N)cn2)CC1. The first kappa shape index (κ1) is 17.0. The zero-order valence-electron chi connectivity index (χ0n) is 14.6. The van der Waals surface area contributed by atoms with E-state index in [9.17, 15) is 4.79 Å². The molecule has 1 amide bonds. The largest absolute Gasteiger partial charge is 0.357 e. The maximum Gasteiger partial charge on any atom is 0.225 e. The molecule has 0 bridgehead atoms. The second kappa shape index (κ2) is 7.34. The summed E-state index contributed by atoms with van der Waals surface area (Å²) in [4.78, 5) is 21.0. The van der Waals surface area contributed by atoms with Gasteiger partial charge in [-0.25, -0.2) is 4.98 Å². The molecule has 1 aliphatic heterocycles. The molecule has 2 aromatic heterocycles. The van der Waals surface area contributed by atoms with Crippen LogP contribution in [0.25, 0.3) is 0 Å². The molecule has 0 aliphatic carbocycles. The number of hydrogen-bond donors (Lipinski definition) is 0. The number of amides is 1. The maximum atomic E-state index is 12.7. The zero-order chi connectivity index (χ0) is 17.8. The Kier molecular flexibility index (Phi) is 4.98. The van der Waals surface area contributed by atoms with Crippen LogP contribution in [0.4, 0.5) is 5.82 Å². The molecule has 1 fully saturated rings. The summed E-state index contributed by atoms with van der Waals surface area (Å²) in [5.41, 5.74) is 1.60. The number of hydrogen-bond acceptors (Lipinski definition) is 5. The molecule has 25 heavy (non-hydrogen) atoms. The Morgan fingerprint density at radius 3 is 2.68 bits per heavy atom. The minimum atomic E-state index is 0.0521. The van der Waals surface area contributed by atoms with E-state index in [1.807, 2.05) is 26.4 Å². The highest BCUT2D eigenvalue weighted by Gasteiger charge is 2.27. The van der Waals surface area contributed by atoms with Gasteiger partial charge >= 0.3 is 0 Å². The van der Waals surface area contributed by atoms with E-state index in [0.717, 1.165) is 37.3 Å². The Hall–Kier alpha value is -2.88. The van der Waals surface area contributed by atoms with Crippen molar-refractivity contribution in [2.75, 3.05) is 25.0 Å². The maximum absolute atomic E-state index is 12.7. The number of rotatable bonds is 4. The molecule has 3 heterocycles. The molecule has 2 aromatic rings. The van der Waals surface area contributed by atoms with Crippen molar-refractivity contribution >= 4 is 11.7 Å². The number of nitriles is 1. The molecular weight excluding hydrogens is 316 g/mol. The molecule has 0 N–H and O–H groups in total. The lowest BCUT2D eigenvalue weighted by molar-refractivity contribution is -0.135. The summed E-state index contributed by atoms with van der Waals surface area (Å²) in [6, 6.07) is 5.73. The van der Waals surface area contributed by atoms with Gasteiger partial charge in [0.2, 0.25) is 5.91 Å². The predicted molar refractivity (Wildman–Crippen MR) is 93.6 cm³/mol. The smallest absolute Gasteiger partial charge is 0.225 e. The minimum Gasteiger partial charge on any atom is -0.357 e. The fourth-order valence-electron chi connectivity index (χ4n) is 3.21. The van der Waals surface area contributed by atoms with Gasteiger partial charge in [0, 0.05) is 57.6 Å². The van der Waals surface area contributed by atoms with Crippen molar-refractivity contribution < 1.29 is 4.79 Å². The van der Waals surface area contributed by atoms with Crippen molar-refractivity contribution in [3.05, 3.63) is 41.9 Å². The molecule has 0 unspecified atom stereocenters. The summed E-state index contributed by atoms with van der Waals surface area (Å²) in [5.74, 6) is 1.11. The standard InChI is InChI=1S/C18H22N6O/c1-22(12-15-11-21-23(2)13-15)18(25)16-5-7-24(8-6-16)17-4-3-14(9-19)10-20-17/h3-4,10-11,13,16H,5-8,12H2,1-2H3. The van der Waals surface area contributed by atoms with Gasteiger partial charge < -0.3 is 9.80 Å². The van der Waals surface area contributed by atoms with E-state index in [1.165, 1.54) is 0 Å². The second-order valence-corrected chi connectivity index (χ2v) is 6.49. The van der Waals surface area contributed by atoms with Crippen LogP contribution < -0.4 is 4.90 Å². The molecule has 130 valence electrons. The Morgan fingerprint density at radius 1 is 1.36 bits per heavy atom. The summed E-state index contributed by atoms with van der Waals surface area (Å²) in [5, 5.41) is 13.0. The van der Waals surface area contributed by atoms with Gasteiger partial charge in [0.05, 0.1) is 11.8 Å². The van der Waals surface area contributed by atoms with Gasteiger partial charge in [-0.15, -0.1) is 0 Å². The van der Waals surface area contributed by atoms with Gasteiger partial charge in [0.15, 0.2) is 0 Å². The van der Waals surface area contributed by atoms with Crippen LogP contribution in [0.15, 0.2) is 30.7 Å². The third-order valence-electron chi connectivity index (χ3n) is 4.60. The van der Waals surface area contributed by atoms with Crippen molar-refractivity contribution in [2.24, 2.45) is 13.0 Å². The molecule has 3 rings (SSSR count). The third-order valence-corrected chi connectivity index (χ3v) is 4.60. The van der Waals surface area contributed by atoms with Crippen LogP contribution in [-0.4, -0.2) is 45.7 Å². The van der Waals surface area contributed by atoms with E-state index in [1.54, 1.807) is 28.0 Å². The van der Waals surface area contributed by atoms with Crippen LogP contribution in [-0.2, 0) is 18.4 Å². The lowest BCUT2D eigenvalue weighted by atomic mass is 9.95. The second-order valence-electron chi connectivity index (χ2n) is 6.49. The van der Waals surface area contributed by atoms with Crippen LogP contribution in [0.5, 0.6) is 0 Å². The fourth-order valence-corrected chi connectivity index (χ4v) is 3.21. The fraction of sp³-hybridized carbons (Fsp3) is 0.444. The third kappa shape index (κ3) is 3.97. The Bertz CT molecular complexity index is 768. The zero-order valence-corrected chi connectivity index (χ0v) is 14.6. The molecule has 0 aromatic carbocycles. The highest BCUT2D eigenvalue weighted by atomic mass is 16.2. The average Bonchev–Trinajstić information content (AvgIpc) is 3.06. The van der Waals surface area contributed by atoms with E-state index in [0.29, 0.717) is 12.1 Å². The summed E-state index contributed by atoms with van der Waals surface area (Å²) >= 11 is 0. The molecule has 0 spiro atoms. The van der Waals surface area contributed by atoms with Gasteiger partial charge in [-0.05, 0) is 25.0 Å². The Balaban J connectivity index is 1.54. The predicted octanol–water partition coefficient (Wildman–Crippen LogP) is 1.56. The number of aromatic nitrogens is 3. The summed E-state index contributed by atoms with van der Waals surface area (Å²) in [6.07, 6.45) is 6.95. The molecule has 7 heteroatoms. The monoisotopic (exact) mass is 338 g/mol. The number of carbonyl (C=O) groups is 1. The quantitative estimate of drug-likeness (QED) is 0.845. The van der Waals surface area contributed by atoms with Gasteiger partial charge in [0.1, 0.15) is 11.9 Å². The van der Waals surface area contributed by atoms with Crippen LogP contribution in [0.1, 0.15) is 24.0 Å². The minimum absolute atomic E-state index is 0.0521. The van der Waals surface area contributed by atoms with Gasteiger partial charge in [0.25, 0.3) is 0 Å². The highest BCUT2D eigenvalue weighted by molar-refractivity contribution is 5.78. The highest BCUT2D eigenvalue weighted by Crippen LogP contribution is 2.23. The number of anilines is 1. The normalized spacial score (nSPS) is 15.0. The molecule has 1 aliphatic rings. The Morgan fingerprint density at radius 2 is 2.12 bits per heavy atom. The van der Waals surface area contributed by atoms with Crippen molar-refractivity contribution in [1.29, 1.82) is 5.26 Å². The lowest BCUT2D eigenvalue weighted by Gasteiger charge is -2.33. The van der Waals surface area contributed by atoms with Gasteiger partial charge in [-0.2, -0.15) is 10.4 Å². The van der Waals surface area contributed by atoms with Crippen molar-refractivity contribution in [3.8, 4) is 6.07 Å². The Labute approximate surface area is 147 Å². The number of piperidine rings is 1. The van der Waals surface area contributed by atoms with E-state index in [2.05, 4.69) is 21.1 Å². The van der Waals surface area contributed by atoms with E-state index in [-0.39, 0.29) is 11.8 Å². The first-order valence-corrected chi connectivity index (χ1v) is 8.40. The number of aryl methyl sites for hydroxylation is 1. The molecular formula is C18H22N6O. The average molecular weight is 338 g/mol.